The Labute approximate surface area is 408 Å². The summed E-state index contributed by atoms with van der Waals surface area (Å²) in [5, 5.41) is 0. The summed E-state index contributed by atoms with van der Waals surface area (Å²) < 4.78 is 57.6. The Morgan fingerprint density at radius 1 is 0.333 bits per heavy atom. The maximum Gasteiger partial charge on any atom is 0.231 e. The summed E-state index contributed by atoms with van der Waals surface area (Å²) in [4.78, 5) is 0. The Balaban J connectivity index is 1.49. The quantitative estimate of drug-likeness (QED) is 0.162. The minimum Gasteiger partial charge on any atom is -0.456 e. The van der Waals surface area contributed by atoms with Crippen LogP contribution in [0.15, 0.2) is 24.3 Å². The number of rotatable bonds is 8. The molecule has 4 aliphatic heterocycles. The zero-order valence-corrected chi connectivity index (χ0v) is 44.0. The summed E-state index contributed by atoms with van der Waals surface area (Å²) in [6.45, 7) is 18.7. The first-order valence-electron chi connectivity index (χ1n) is 21.2. The number of ether oxygens (including phenoxy) is 8. The van der Waals surface area contributed by atoms with Crippen LogP contribution in [-0.4, -0.2) is 27.2 Å². The van der Waals surface area contributed by atoms with Crippen LogP contribution in [0.3, 0.4) is 0 Å². The molecule has 320 valence electrons. The third kappa shape index (κ3) is 7.59. The topological polar surface area (TPSA) is 73.8 Å². The average molecular weight is 1260 g/mol. The molecule has 0 aromatic heterocycles. The van der Waals surface area contributed by atoms with Crippen LogP contribution in [0.2, 0.25) is 0 Å². The van der Waals surface area contributed by atoms with Crippen molar-refractivity contribution in [1.29, 1.82) is 0 Å². The van der Waals surface area contributed by atoms with Crippen molar-refractivity contribution in [2.24, 2.45) is 23.7 Å². The number of hydrogen-bond donors (Lipinski definition) is 0. The predicted octanol–water partition coefficient (Wildman–Crippen LogP) is 14.0. The lowest BCUT2D eigenvalue weighted by molar-refractivity contribution is 0.0948. The molecule has 9 rings (SSSR count). The van der Waals surface area contributed by atoms with E-state index in [1.807, 2.05) is 0 Å². The van der Waals surface area contributed by atoms with Crippen LogP contribution in [0, 0.1) is 38.0 Å². The Hall–Kier alpha value is -1.80. The molecule has 0 amide bonds. The minimum absolute atomic E-state index is 0.0403. The van der Waals surface area contributed by atoms with Gasteiger partial charge in [-0.25, -0.2) is 0 Å². The van der Waals surface area contributed by atoms with Gasteiger partial charge in [0.2, 0.25) is 27.2 Å². The predicted molar refractivity (Wildman–Crippen MR) is 266 cm³/mol. The van der Waals surface area contributed by atoms with E-state index in [9.17, 15) is 0 Å². The van der Waals surface area contributed by atoms with Crippen LogP contribution >= 0.6 is 90.4 Å². The molecular formula is C48H52I4O8. The maximum absolute atomic E-state index is 6.72. The van der Waals surface area contributed by atoms with Crippen molar-refractivity contribution in [1.82, 2.24) is 0 Å². The molecule has 0 atom stereocenters. The van der Waals surface area contributed by atoms with E-state index in [2.05, 4.69) is 170 Å². The van der Waals surface area contributed by atoms with Gasteiger partial charge in [0.1, 0.15) is 46.0 Å². The Morgan fingerprint density at radius 2 is 0.483 bits per heavy atom. The SMILES string of the molecule is CC(C)CC1c2cc3c4c(I)c2OCOc2c1cc1c(c2I)OCOc2c(cc5c(c2I)OCOc2c(cc(c(c2I)OCO4)C3CC(C)C)C5CC(C)C)C1CC(C)C. The highest BCUT2D eigenvalue weighted by molar-refractivity contribution is 14.1. The first-order chi connectivity index (χ1) is 28.7. The van der Waals surface area contributed by atoms with Crippen LogP contribution < -0.4 is 37.9 Å². The van der Waals surface area contributed by atoms with E-state index >= 15 is 0 Å². The number of halogens is 4. The van der Waals surface area contributed by atoms with Crippen molar-refractivity contribution in [3.8, 4) is 46.0 Å². The molecule has 4 heterocycles. The van der Waals surface area contributed by atoms with Crippen molar-refractivity contribution in [2.45, 2.75) is 105 Å². The molecule has 4 aromatic rings. The zero-order chi connectivity index (χ0) is 42.3. The zero-order valence-electron chi connectivity index (χ0n) is 35.4. The Bertz CT molecular complexity index is 1910. The average Bonchev–Trinajstić information content (AvgIpc) is 3.16. The summed E-state index contributed by atoms with van der Waals surface area (Å²) in [6, 6.07) is 9.68. The van der Waals surface area contributed by atoms with Gasteiger partial charge < -0.3 is 37.9 Å². The normalized spacial score (nSPS) is 20.7. The molecule has 0 saturated carbocycles. The van der Waals surface area contributed by atoms with Crippen molar-refractivity contribution >= 4 is 90.4 Å². The molecular weight excluding hydrogens is 1210 g/mol. The minimum atomic E-state index is -0.0403. The highest BCUT2D eigenvalue weighted by atomic mass is 127. The molecule has 12 heteroatoms. The lowest BCUT2D eigenvalue weighted by Gasteiger charge is -2.37. The van der Waals surface area contributed by atoms with E-state index in [-0.39, 0.29) is 50.8 Å². The Morgan fingerprint density at radius 3 is 0.617 bits per heavy atom. The summed E-state index contributed by atoms with van der Waals surface area (Å²) in [5.74, 6) is 7.88. The molecule has 0 N–H and O–H groups in total. The van der Waals surface area contributed by atoms with Crippen molar-refractivity contribution < 1.29 is 37.9 Å². The smallest absolute Gasteiger partial charge is 0.231 e. The molecule has 1 aliphatic carbocycles. The van der Waals surface area contributed by atoms with Crippen LogP contribution in [0.25, 0.3) is 0 Å². The van der Waals surface area contributed by atoms with E-state index in [1.165, 1.54) is 0 Å². The summed E-state index contributed by atoms with van der Waals surface area (Å²) >= 11 is 9.81. The lowest BCUT2D eigenvalue weighted by atomic mass is 9.74. The molecule has 0 unspecified atom stereocenters. The number of hydrogen-bond acceptors (Lipinski definition) is 8. The highest BCUT2D eigenvalue weighted by Gasteiger charge is 2.41. The van der Waals surface area contributed by atoms with E-state index in [0.717, 1.165) is 130 Å². The molecule has 0 spiro atoms. The molecule has 60 heavy (non-hydrogen) atoms. The second-order valence-electron chi connectivity index (χ2n) is 18.5. The fourth-order valence-corrected chi connectivity index (χ4v) is 13.8. The van der Waals surface area contributed by atoms with Crippen LogP contribution in [0.4, 0.5) is 0 Å². The van der Waals surface area contributed by atoms with Crippen LogP contribution in [0.5, 0.6) is 46.0 Å². The van der Waals surface area contributed by atoms with E-state index in [4.69, 9.17) is 37.9 Å². The van der Waals surface area contributed by atoms with E-state index in [0.29, 0.717) is 23.7 Å². The molecule has 5 aliphatic rings. The van der Waals surface area contributed by atoms with Gasteiger partial charge in [-0.3, -0.25) is 0 Å². The van der Waals surface area contributed by atoms with Crippen LogP contribution in [0.1, 0.15) is 149 Å². The summed E-state index contributed by atoms with van der Waals surface area (Å²) in [7, 11) is 0. The van der Waals surface area contributed by atoms with Gasteiger partial charge in [-0.05, 0) is 164 Å². The van der Waals surface area contributed by atoms with Gasteiger partial charge in [0.25, 0.3) is 0 Å². The molecule has 0 radical (unpaired) electrons. The summed E-state index contributed by atoms with van der Waals surface area (Å²) in [6.07, 6.45) is 3.57. The second-order valence-corrected chi connectivity index (χ2v) is 22.8. The van der Waals surface area contributed by atoms with E-state index < -0.39 is 0 Å². The van der Waals surface area contributed by atoms with Gasteiger partial charge in [0.05, 0.1) is 14.3 Å². The summed E-state index contributed by atoms with van der Waals surface area (Å²) in [5.41, 5.74) is 9.30. The number of benzene rings is 4. The van der Waals surface area contributed by atoms with Gasteiger partial charge in [0, 0.05) is 68.2 Å². The van der Waals surface area contributed by atoms with Gasteiger partial charge in [-0.15, -0.1) is 0 Å². The monoisotopic (exact) mass is 1260 g/mol. The maximum atomic E-state index is 6.72. The first kappa shape index (κ1) is 43.5. The van der Waals surface area contributed by atoms with Gasteiger partial charge in [-0.2, -0.15) is 0 Å². The fourth-order valence-electron chi connectivity index (χ4n) is 10.0. The largest absolute Gasteiger partial charge is 0.456 e. The highest BCUT2D eigenvalue weighted by Crippen LogP contribution is 2.59. The van der Waals surface area contributed by atoms with Crippen molar-refractivity contribution in [3.63, 3.8) is 0 Å². The second kappa shape index (κ2) is 17.3. The molecule has 4 aromatic carbocycles. The molecule has 0 fully saturated rings. The third-order valence-electron chi connectivity index (χ3n) is 12.4. The van der Waals surface area contributed by atoms with Gasteiger partial charge in [-0.1, -0.05) is 55.4 Å². The van der Waals surface area contributed by atoms with Crippen LogP contribution in [-0.2, 0) is 0 Å². The lowest BCUT2D eigenvalue weighted by Crippen LogP contribution is -2.25. The fraction of sp³-hybridized carbons (Fsp3) is 0.500. The Kier molecular flexibility index (Phi) is 12.5. The third-order valence-corrected chi connectivity index (χ3v) is 16.3. The standard InChI is InChI=1S/C48H52I4O8/c1-21(2)9-25-29-13-31-26(10-22(3)4)33-15-35-28(12-24(7)8)36-16-34-27(11-23(5)6)32-14-30(25)42-38(50)44(32)56-19-58-46(34)40(52)48(36)60-20-59-47(35)39(51)45(33)57-18-55-43(31)37(49)41(29)53-17-54-42/h13-16,21-28H,9-12,17-20H2,1-8H3. The first-order valence-corrected chi connectivity index (χ1v) is 25.5. The molecule has 8 bridgehead atoms. The van der Waals surface area contributed by atoms with Crippen molar-refractivity contribution in [2.75, 3.05) is 27.2 Å². The van der Waals surface area contributed by atoms with Gasteiger partial charge >= 0.3 is 0 Å². The molecule has 0 saturated heterocycles. The van der Waals surface area contributed by atoms with Crippen molar-refractivity contribution in [3.05, 3.63) is 83.1 Å². The molecule has 8 nitrogen and oxygen atoms in total. The van der Waals surface area contributed by atoms with Gasteiger partial charge in [0.15, 0.2) is 0 Å². The van der Waals surface area contributed by atoms with E-state index in [1.54, 1.807) is 0 Å².